The second-order valence-corrected chi connectivity index (χ2v) is 7.18. The summed E-state index contributed by atoms with van der Waals surface area (Å²) in [5.74, 6) is -0.663. The summed E-state index contributed by atoms with van der Waals surface area (Å²) in [6, 6.07) is 13.4. The number of hydrogen-bond acceptors (Lipinski definition) is 5. The van der Waals surface area contributed by atoms with Gasteiger partial charge in [0.05, 0.1) is 15.6 Å². The van der Waals surface area contributed by atoms with Crippen LogP contribution in [0.25, 0.3) is 5.69 Å². The van der Waals surface area contributed by atoms with Gasteiger partial charge in [0, 0.05) is 40.3 Å². The summed E-state index contributed by atoms with van der Waals surface area (Å²) in [6.45, 7) is 3.96. The molecule has 0 aliphatic heterocycles. The molecule has 3 aromatic rings. The predicted molar refractivity (Wildman–Crippen MR) is 113 cm³/mol. The van der Waals surface area contributed by atoms with Gasteiger partial charge in [-0.2, -0.15) is 5.10 Å². The number of nitro benzene ring substituents is 1. The second-order valence-electron chi connectivity index (χ2n) is 6.32. The van der Waals surface area contributed by atoms with Crippen molar-refractivity contribution in [1.29, 1.82) is 0 Å². The van der Waals surface area contributed by atoms with Gasteiger partial charge in [-0.25, -0.2) is 5.43 Å². The number of benzene rings is 2. The van der Waals surface area contributed by atoms with E-state index in [4.69, 9.17) is 0 Å². The molecule has 0 aliphatic rings. The Labute approximate surface area is 174 Å². The van der Waals surface area contributed by atoms with Crippen molar-refractivity contribution >= 4 is 33.7 Å². The van der Waals surface area contributed by atoms with Gasteiger partial charge < -0.3 is 9.67 Å². The van der Waals surface area contributed by atoms with Crippen LogP contribution < -0.4 is 5.43 Å². The minimum Gasteiger partial charge on any atom is -0.506 e. The number of non-ortho nitro benzene ring substituents is 1. The molecule has 0 saturated heterocycles. The number of phenols is 1. The van der Waals surface area contributed by atoms with Gasteiger partial charge in [0.2, 0.25) is 0 Å². The first-order valence-electron chi connectivity index (χ1n) is 8.53. The number of hydrogen-bond donors (Lipinski definition) is 2. The molecule has 0 spiro atoms. The summed E-state index contributed by atoms with van der Waals surface area (Å²) in [5.41, 5.74) is 5.59. The highest BCUT2D eigenvalue weighted by Crippen LogP contribution is 2.31. The zero-order chi connectivity index (χ0) is 21.1. The van der Waals surface area contributed by atoms with Crippen molar-refractivity contribution in [1.82, 2.24) is 9.99 Å². The van der Waals surface area contributed by atoms with Crippen LogP contribution in [0.4, 0.5) is 5.69 Å². The average molecular weight is 457 g/mol. The first kappa shape index (κ1) is 20.3. The van der Waals surface area contributed by atoms with Crippen molar-refractivity contribution in [2.24, 2.45) is 5.10 Å². The van der Waals surface area contributed by atoms with Crippen LogP contribution in [0.15, 0.2) is 58.1 Å². The number of nitrogens with one attached hydrogen (secondary N) is 1. The molecule has 0 fully saturated rings. The zero-order valence-electron chi connectivity index (χ0n) is 15.6. The largest absolute Gasteiger partial charge is 0.506 e. The van der Waals surface area contributed by atoms with Gasteiger partial charge in [0.15, 0.2) is 0 Å². The average Bonchev–Trinajstić information content (AvgIpc) is 3.03. The van der Waals surface area contributed by atoms with E-state index in [1.54, 1.807) is 18.2 Å². The van der Waals surface area contributed by atoms with Crippen molar-refractivity contribution in [3.63, 3.8) is 0 Å². The Hall–Kier alpha value is -3.46. The summed E-state index contributed by atoms with van der Waals surface area (Å²) < 4.78 is 2.18. The highest BCUT2D eigenvalue weighted by atomic mass is 79.9. The zero-order valence-corrected chi connectivity index (χ0v) is 17.2. The Morgan fingerprint density at radius 2 is 1.90 bits per heavy atom. The maximum Gasteiger partial charge on any atom is 0.271 e. The number of nitro groups is 1. The maximum atomic E-state index is 12.4. The topological polar surface area (TPSA) is 110 Å². The fourth-order valence-electron chi connectivity index (χ4n) is 2.90. The van der Waals surface area contributed by atoms with E-state index in [0.29, 0.717) is 5.56 Å². The molecule has 8 nitrogen and oxygen atoms in total. The summed E-state index contributed by atoms with van der Waals surface area (Å²) in [5, 5.41) is 24.8. The van der Waals surface area contributed by atoms with Gasteiger partial charge in [-0.3, -0.25) is 14.9 Å². The Kier molecular flexibility index (Phi) is 5.79. The molecule has 2 aromatic carbocycles. The number of aromatic nitrogens is 1. The monoisotopic (exact) mass is 456 g/mol. The summed E-state index contributed by atoms with van der Waals surface area (Å²) >= 11 is 3.06. The molecule has 1 amide bonds. The van der Waals surface area contributed by atoms with Gasteiger partial charge in [-0.05, 0) is 60.1 Å². The van der Waals surface area contributed by atoms with Crippen LogP contribution >= 0.6 is 15.9 Å². The van der Waals surface area contributed by atoms with Gasteiger partial charge in [-0.1, -0.05) is 6.07 Å². The lowest BCUT2D eigenvalue weighted by Crippen LogP contribution is -2.18. The number of aryl methyl sites for hydroxylation is 2. The van der Waals surface area contributed by atoms with Crippen LogP contribution in [0.5, 0.6) is 5.75 Å². The molecule has 1 aromatic heterocycles. The van der Waals surface area contributed by atoms with E-state index in [9.17, 15) is 20.0 Å². The van der Waals surface area contributed by atoms with Crippen molar-refractivity contribution in [3.05, 3.63) is 85.6 Å². The molecular formula is C20H17BrN4O4. The molecule has 0 saturated carbocycles. The molecule has 2 N–H and O–H groups in total. The van der Waals surface area contributed by atoms with Crippen LogP contribution in [-0.4, -0.2) is 26.7 Å². The standard InChI is InChI=1S/C20H17BrN4O4/c1-12-6-7-13(2)24(12)16-5-3-4-14(8-16)20(27)23-22-11-15-9-17(25(28)29)10-18(21)19(15)26/h3-11,26H,1-2H3,(H,23,27)/b22-11-. The number of nitrogens with zero attached hydrogens (tertiary/aromatic N) is 3. The Morgan fingerprint density at radius 3 is 2.55 bits per heavy atom. The third-order valence-electron chi connectivity index (χ3n) is 4.30. The lowest BCUT2D eigenvalue weighted by molar-refractivity contribution is -0.385. The van der Waals surface area contributed by atoms with E-state index >= 15 is 0 Å². The minimum atomic E-state index is -0.586. The number of hydrazone groups is 1. The lowest BCUT2D eigenvalue weighted by Gasteiger charge is -2.10. The third kappa shape index (κ3) is 4.35. The van der Waals surface area contributed by atoms with Crippen molar-refractivity contribution in [3.8, 4) is 11.4 Å². The van der Waals surface area contributed by atoms with Crippen molar-refractivity contribution < 1.29 is 14.8 Å². The molecule has 0 radical (unpaired) electrons. The van der Waals surface area contributed by atoms with Crippen LogP contribution in [0, 0.1) is 24.0 Å². The maximum absolute atomic E-state index is 12.4. The van der Waals surface area contributed by atoms with Gasteiger partial charge in [-0.15, -0.1) is 0 Å². The van der Waals surface area contributed by atoms with Crippen LogP contribution in [-0.2, 0) is 0 Å². The summed E-state index contributed by atoms with van der Waals surface area (Å²) in [7, 11) is 0. The Balaban J connectivity index is 1.80. The third-order valence-corrected chi connectivity index (χ3v) is 4.90. The quantitative estimate of drug-likeness (QED) is 0.339. The number of aromatic hydroxyl groups is 1. The number of phenolic OH excluding ortho intramolecular Hbond substituents is 1. The minimum absolute atomic E-state index is 0.0960. The molecule has 0 unspecified atom stereocenters. The van der Waals surface area contributed by atoms with Crippen molar-refractivity contribution in [2.75, 3.05) is 0 Å². The molecular weight excluding hydrogens is 440 g/mol. The van der Waals surface area contributed by atoms with Gasteiger partial charge >= 0.3 is 0 Å². The van der Waals surface area contributed by atoms with E-state index in [1.165, 1.54) is 6.07 Å². The van der Waals surface area contributed by atoms with E-state index in [0.717, 1.165) is 29.4 Å². The second kappa shape index (κ2) is 8.27. The smallest absolute Gasteiger partial charge is 0.271 e. The molecule has 0 atom stereocenters. The van der Waals surface area contributed by atoms with Crippen molar-refractivity contribution in [2.45, 2.75) is 13.8 Å². The first-order valence-corrected chi connectivity index (χ1v) is 9.33. The number of halogens is 1. The van der Waals surface area contributed by atoms with E-state index in [2.05, 4.69) is 26.5 Å². The summed E-state index contributed by atoms with van der Waals surface area (Å²) in [4.78, 5) is 22.8. The lowest BCUT2D eigenvalue weighted by atomic mass is 10.2. The van der Waals surface area contributed by atoms with Crippen LogP contribution in [0.3, 0.4) is 0 Å². The normalized spacial score (nSPS) is 11.0. The molecule has 3 rings (SSSR count). The number of amides is 1. The predicted octanol–water partition coefficient (Wildman–Crippen LogP) is 4.23. The molecule has 0 bridgehead atoms. The van der Waals surface area contributed by atoms with Gasteiger partial charge in [0.25, 0.3) is 11.6 Å². The molecule has 1 heterocycles. The molecule has 29 heavy (non-hydrogen) atoms. The number of rotatable bonds is 5. The highest BCUT2D eigenvalue weighted by Gasteiger charge is 2.14. The van der Waals surface area contributed by atoms with Crippen LogP contribution in [0.2, 0.25) is 0 Å². The first-order chi connectivity index (χ1) is 13.8. The highest BCUT2D eigenvalue weighted by molar-refractivity contribution is 9.10. The Morgan fingerprint density at radius 1 is 1.21 bits per heavy atom. The summed E-state index contributed by atoms with van der Waals surface area (Å²) in [6.07, 6.45) is 1.15. The Bertz CT molecular complexity index is 1120. The van der Waals surface area contributed by atoms with Crippen LogP contribution in [0.1, 0.15) is 27.3 Å². The molecule has 148 valence electrons. The van der Waals surface area contributed by atoms with E-state index < -0.39 is 10.8 Å². The number of carbonyl (C=O) groups excluding carboxylic acids is 1. The van der Waals surface area contributed by atoms with Gasteiger partial charge in [0.1, 0.15) is 5.75 Å². The SMILES string of the molecule is Cc1ccc(C)n1-c1cccc(C(=O)N/N=C\c2cc([N+](=O)[O-])cc(Br)c2O)c1. The molecule has 9 heteroatoms. The number of carbonyl (C=O) groups is 1. The fourth-order valence-corrected chi connectivity index (χ4v) is 3.36. The fraction of sp³-hybridized carbons (Fsp3) is 0.100. The molecule has 0 aliphatic carbocycles. The van der Waals surface area contributed by atoms with E-state index in [-0.39, 0.29) is 21.5 Å². The van der Waals surface area contributed by atoms with E-state index in [1.807, 2.05) is 36.6 Å².